The van der Waals surface area contributed by atoms with Crippen molar-refractivity contribution < 1.29 is 14.6 Å². The number of hydrogen-bond donors (Lipinski definition) is 1. The first-order valence-corrected chi connectivity index (χ1v) is 6.55. The summed E-state index contributed by atoms with van der Waals surface area (Å²) in [5.74, 6) is -0.847. The standard InChI is InChI=1S/C12H13Cl3O3/c1-3-4-5-6-7(12(17)18-2)8(13)9(14)10(15)11(6)16/h16H,3-5H2,1-2H3. The van der Waals surface area contributed by atoms with Gasteiger partial charge in [-0.05, 0) is 12.8 Å². The quantitative estimate of drug-likeness (QED) is 0.658. The number of aromatic hydroxyl groups is 1. The number of unbranched alkanes of at least 4 members (excludes halogenated alkanes) is 1. The highest BCUT2D eigenvalue weighted by Gasteiger charge is 2.25. The Kier molecular flexibility index (Phi) is 5.57. The first-order chi connectivity index (χ1) is 8.45. The summed E-state index contributed by atoms with van der Waals surface area (Å²) in [4.78, 5) is 11.7. The highest BCUT2D eigenvalue weighted by atomic mass is 35.5. The maximum absolute atomic E-state index is 11.7. The van der Waals surface area contributed by atoms with E-state index in [9.17, 15) is 9.90 Å². The minimum atomic E-state index is -0.639. The second-order valence-corrected chi connectivity index (χ2v) is 4.87. The Morgan fingerprint density at radius 3 is 2.33 bits per heavy atom. The van der Waals surface area contributed by atoms with Crippen molar-refractivity contribution in [2.75, 3.05) is 7.11 Å². The van der Waals surface area contributed by atoms with Gasteiger partial charge in [0.15, 0.2) is 0 Å². The zero-order chi connectivity index (χ0) is 13.9. The Morgan fingerprint density at radius 1 is 1.22 bits per heavy atom. The fourth-order valence-corrected chi connectivity index (χ4v) is 2.33. The monoisotopic (exact) mass is 310 g/mol. The third-order valence-electron chi connectivity index (χ3n) is 2.57. The van der Waals surface area contributed by atoms with E-state index < -0.39 is 5.97 Å². The SMILES string of the molecule is CCCCc1c(O)c(Cl)c(Cl)c(Cl)c1C(=O)OC. The van der Waals surface area contributed by atoms with Gasteiger partial charge in [-0.1, -0.05) is 48.1 Å². The van der Waals surface area contributed by atoms with Gasteiger partial charge in [0.25, 0.3) is 0 Å². The number of benzene rings is 1. The van der Waals surface area contributed by atoms with Crippen molar-refractivity contribution in [2.24, 2.45) is 0 Å². The molecular weight excluding hydrogens is 298 g/mol. The molecule has 0 radical (unpaired) electrons. The molecule has 0 aliphatic rings. The lowest BCUT2D eigenvalue weighted by Gasteiger charge is -2.14. The molecule has 0 fully saturated rings. The van der Waals surface area contributed by atoms with Crippen LogP contribution in [0.4, 0.5) is 0 Å². The van der Waals surface area contributed by atoms with Crippen LogP contribution in [0.25, 0.3) is 0 Å². The summed E-state index contributed by atoms with van der Waals surface area (Å²) in [6, 6.07) is 0. The lowest BCUT2D eigenvalue weighted by Crippen LogP contribution is -2.08. The zero-order valence-corrected chi connectivity index (χ0v) is 12.3. The van der Waals surface area contributed by atoms with Crippen molar-refractivity contribution in [1.82, 2.24) is 0 Å². The van der Waals surface area contributed by atoms with E-state index in [0.717, 1.165) is 12.8 Å². The molecular formula is C12H13Cl3O3. The number of methoxy groups -OCH3 is 1. The second kappa shape index (κ2) is 6.50. The van der Waals surface area contributed by atoms with Crippen LogP contribution in [0.3, 0.4) is 0 Å². The van der Waals surface area contributed by atoms with Crippen LogP contribution >= 0.6 is 34.8 Å². The summed E-state index contributed by atoms with van der Waals surface area (Å²) in [5.41, 5.74) is 0.461. The number of phenolic OH excluding ortho intramolecular Hbond substituents is 1. The van der Waals surface area contributed by atoms with Crippen LogP contribution in [0.5, 0.6) is 5.75 Å². The molecule has 0 spiro atoms. The Hall–Kier alpha value is -0.640. The molecule has 0 saturated heterocycles. The number of halogens is 3. The highest BCUT2D eigenvalue weighted by Crippen LogP contribution is 2.43. The van der Waals surface area contributed by atoms with Crippen LogP contribution in [0.15, 0.2) is 0 Å². The number of hydrogen-bond acceptors (Lipinski definition) is 3. The lowest BCUT2D eigenvalue weighted by molar-refractivity contribution is 0.0599. The minimum Gasteiger partial charge on any atom is -0.506 e. The third kappa shape index (κ3) is 2.85. The molecule has 0 heterocycles. The molecule has 0 amide bonds. The molecule has 6 heteroatoms. The Labute approximate surface area is 121 Å². The molecule has 1 aromatic carbocycles. The van der Waals surface area contributed by atoms with E-state index in [4.69, 9.17) is 34.8 Å². The predicted molar refractivity (Wildman–Crippen MR) is 73.1 cm³/mol. The number of ether oxygens (including phenoxy) is 1. The average Bonchev–Trinajstić information content (AvgIpc) is 2.38. The fourth-order valence-electron chi connectivity index (χ4n) is 1.61. The van der Waals surface area contributed by atoms with Crippen molar-refractivity contribution in [3.63, 3.8) is 0 Å². The number of carbonyl (C=O) groups is 1. The van der Waals surface area contributed by atoms with E-state index in [1.54, 1.807) is 0 Å². The fraction of sp³-hybridized carbons (Fsp3) is 0.417. The molecule has 18 heavy (non-hydrogen) atoms. The summed E-state index contributed by atoms with van der Waals surface area (Å²) in [6.45, 7) is 1.99. The molecule has 1 aromatic rings. The van der Waals surface area contributed by atoms with Gasteiger partial charge in [-0.25, -0.2) is 4.79 Å². The van der Waals surface area contributed by atoms with E-state index in [2.05, 4.69) is 4.74 Å². The Balaban J connectivity index is 3.48. The summed E-state index contributed by atoms with van der Waals surface area (Å²) in [6.07, 6.45) is 2.16. The van der Waals surface area contributed by atoms with E-state index in [0.29, 0.717) is 12.0 Å². The van der Waals surface area contributed by atoms with E-state index in [1.165, 1.54) is 7.11 Å². The van der Waals surface area contributed by atoms with Crippen LogP contribution < -0.4 is 0 Å². The van der Waals surface area contributed by atoms with Crippen LogP contribution in [-0.2, 0) is 11.2 Å². The number of phenols is 1. The number of carbonyl (C=O) groups excluding carboxylic acids is 1. The van der Waals surface area contributed by atoms with Gasteiger partial charge in [0.2, 0.25) is 0 Å². The molecule has 0 aliphatic heterocycles. The highest BCUT2D eigenvalue weighted by molar-refractivity contribution is 6.50. The van der Waals surface area contributed by atoms with Crippen LogP contribution in [0, 0.1) is 0 Å². The predicted octanol–water partition coefficient (Wildman–Crippen LogP) is 4.48. The maximum atomic E-state index is 11.7. The van der Waals surface area contributed by atoms with Gasteiger partial charge in [0, 0.05) is 5.56 Å². The molecule has 0 atom stereocenters. The van der Waals surface area contributed by atoms with Crippen molar-refractivity contribution >= 4 is 40.8 Å². The van der Waals surface area contributed by atoms with Crippen molar-refractivity contribution in [3.8, 4) is 5.75 Å². The summed E-state index contributed by atoms with van der Waals surface area (Å²) >= 11 is 17.7. The van der Waals surface area contributed by atoms with Crippen molar-refractivity contribution in [1.29, 1.82) is 0 Å². The molecule has 0 aromatic heterocycles. The van der Waals surface area contributed by atoms with Crippen molar-refractivity contribution in [3.05, 3.63) is 26.2 Å². The average molecular weight is 312 g/mol. The van der Waals surface area contributed by atoms with Gasteiger partial charge in [-0.3, -0.25) is 0 Å². The molecule has 1 N–H and O–H groups in total. The van der Waals surface area contributed by atoms with E-state index in [1.807, 2.05) is 6.92 Å². The van der Waals surface area contributed by atoms with Crippen LogP contribution in [0.1, 0.15) is 35.7 Å². The number of rotatable bonds is 4. The Morgan fingerprint density at radius 2 is 1.83 bits per heavy atom. The molecule has 3 nitrogen and oxygen atoms in total. The van der Waals surface area contributed by atoms with E-state index >= 15 is 0 Å². The molecule has 0 saturated carbocycles. The van der Waals surface area contributed by atoms with Gasteiger partial charge in [0.1, 0.15) is 10.8 Å². The molecule has 100 valence electrons. The van der Waals surface area contributed by atoms with Gasteiger partial charge in [-0.15, -0.1) is 0 Å². The molecule has 0 unspecified atom stereocenters. The van der Waals surface area contributed by atoms with Gasteiger partial charge in [0.05, 0.1) is 22.7 Å². The van der Waals surface area contributed by atoms with Gasteiger partial charge in [-0.2, -0.15) is 0 Å². The Bertz CT molecular complexity index is 472. The lowest BCUT2D eigenvalue weighted by atomic mass is 10.0. The first-order valence-electron chi connectivity index (χ1n) is 5.42. The smallest absolute Gasteiger partial charge is 0.339 e. The zero-order valence-electron chi connectivity index (χ0n) is 10.0. The van der Waals surface area contributed by atoms with Gasteiger partial charge >= 0.3 is 5.97 Å². The summed E-state index contributed by atoms with van der Waals surface area (Å²) in [7, 11) is 1.24. The first kappa shape index (κ1) is 15.4. The second-order valence-electron chi connectivity index (χ2n) is 3.74. The normalized spacial score (nSPS) is 10.5. The molecule has 1 rings (SSSR count). The van der Waals surface area contributed by atoms with Crippen LogP contribution in [-0.4, -0.2) is 18.2 Å². The molecule has 0 aliphatic carbocycles. The van der Waals surface area contributed by atoms with E-state index in [-0.39, 0.29) is 26.4 Å². The van der Waals surface area contributed by atoms with Crippen molar-refractivity contribution in [2.45, 2.75) is 26.2 Å². The topological polar surface area (TPSA) is 46.5 Å². The number of esters is 1. The van der Waals surface area contributed by atoms with Gasteiger partial charge < -0.3 is 9.84 Å². The molecule has 0 bridgehead atoms. The minimum absolute atomic E-state index is 0.0115. The third-order valence-corrected chi connectivity index (χ3v) is 3.89. The summed E-state index contributed by atoms with van der Waals surface area (Å²) < 4.78 is 4.65. The maximum Gasteiger partial charge on any atom is 0.339 e. The largest absolute Gasteiger partial charge is 0.506 e. The van der Waals surface area contributed by atoms with Crippen LogP contribution in [0.2, 0.25) is 15.1 Å². The summed E-state index contributed by atoms with van der Waals surface area (Å²) in [5, 5.41) is 9.90.